The lowest BCUT2D eigenvalue weighted by molar-refractivity contribution is -0.193. The molecule has 1 aliphatic heterocycles. The highest BCUT2D eigenvalue weighted by Crippen LogP contribution is 2.30. The maximum absolute atomic E-state index is 14.7. The van der Waals surface area contributed by atoms with Gasteiger partial charge in [-0.3, -0.25) is 43.9 Å². The van der Waals surface area contributed by atoms with Crippen molar-refractivity contribution in [3.8, 4) is 11.5 Å². The number of halogens is 12. The Bertz CT molecular complexity index is 4280. The third-order valence-electron chi connectivity index (χ3n) is 20.7. The number of carboxylic acid groups (broad SMARTS) is 4. The number of alkyl halides is 12. The van der Waals surface area contributed by atoms with Crippen molar-refractivity contribution in [1.82, 2.24) is 42.1 Å². The Morgan fingerprint density at radius 1 is 0.446 bits per heavy atom. The summed E-state index contributed by atoms with van der Waals surface area (Å²) >= 11 is 0. The summed E-state index contributed by atoms with van der Waals surface area (Å²) in [5, 5.41) is 70.1. The van der Waals surface area contributed by atoms with Gasteiger partial charge < -0.3 is 96.1 Å². The standard InChI is InChI=1S/C79H114N14O9.4C2HF3O2/c1-53-43-63(95)44-54(2)64(53)50-65(81)72(96)90-68(34-24-42-87-79(83)84)76(100)92-71(48-57-29-16-11-17-30-57)77(101)91-67(33-20-21-39-80)73(97)85-40-22-7-5-3-4-6-8-23-41-86-74(98)69(46-55-25-12-9-13-26-55)89-70(47-56-27-14-10-15-28-56)75(99)88-51-61-49-59-31-18-19-32-60(59)52-93(61)78(102)66(82)45-58-35-37-62(94)38-36-58;4*3-2(4,5)1(6)7/h9,11-13,16-19,25-26,29-32,35-38,43-44,56,61,65-71,89,94-95H,3-8,10,14-15,20-24,27-28,33-34,39-42,45-52,80-82H2,1-2H3,(H,85,97)(H,86,98)(H,88,99)(H,90,96)(H,91,101)(H,92,100)(H4,83,84,87);4*(H,6,7)/t61?,65-,66-,67-,68+,69-,70+,71-;;;;/m0..../s1. The van der Waals surface area contributed by atoms with Crippen LogP contribution in [-0.4, -0.2) is 212 Å². The van der Waals surface area contributed by atoms with Gasteiger partial charge in [-0.2, -0.15) is 52.7 Å². The topological polar surface area (TPSA) is 539 Å². The van der Waals surface area contributed by atoms with Crippen LogP contribution in [0.3, 0.4) is 0 Å². The normalized spacial score (nSPS) is 14.8. The Balaban J connectivity index is 0.00000134. The number of guanidine groups is 1. The number of aryl methyl sites for hydroxylation is 2. The van der Waals surface area contributed by atoms with Crippen LogP contribution in [0.15, 0.2) is 126 Å². The van der Waals surface area contributed by atoms with Crippen molar-refractivity contribution in [2.24, 2.45) is 39.6 Å². The first-order valence-corrected chi connectivity index (χ1v) is 42.0. The van der Waals surface area contributed by atoms with Crippen LogP contribution in [0.25, 0.3) is 0 Å². The highest BCUT2D eigenvalue weighted by molar-refractivity contribution is 5.95. The monoisotopic (exact) mass is 1860 g/mol. The summed E-state index contributed by atoms with van der Waals surface area (Å²) in [6, 6.07) is 30.2. The number of phenolic OH excluding ortho intramolecular Hbond substituents is 2. The number of phenols is 2. The van der Waals surface area contributed by atoms with E-state index in [-0.39, 0.29) is 79.5 Å². The molecule has 1 heterocycles. The molecular formula is C87H118F12N14O17. The fraction of sp³-hybridized carbons (Fsp3) is 0.517. The molecule has 0 aromatic heterocycles. The van der Waals surface area contributed by atoms with Crippen molar-refractivity contribution in [1.29, 1.82) is 0 Å². The minimum absolute atomic E-state index is 0.0888. The molecule has 5 aromatic carbocycles. The van der Waals surface area contributed by atoms with Gasteiger partial charge in [0.15, 0.2) is 5.96 Å². The number of fused-ring (bicyclic) bond motifs is 1. The molecule has 5 aromatic rings. The van der Waals surface area contributed by atoms with Gasteiger partial charge in [-0.05, 0) is 172 Å². The predicted octanol–water partition coefficient (Wildman–Crippen LogP) is 8.53. The second kappa shape index (κ2) is 57.2. The molecule has 2 aliphatic rings. The predicted molar refractivity (Wildman–Crippen MR) is 455 cm³/mol. The number of nitrogens with zero attached hydrogens (tertiary/aromatic N) is 2. The zero-order valence-electron chi connectivity index (χ0n) is 71.9. The fourth-order valence-corrected chi connectivity index (χ4v) is 13.9. The number of aliphatic carboxylic acids is 4. The molecule has 1 saturated carbocycles. The number of unbranched alkanes of at least 4 members (excludes halogenated alkanes) is 8. The first-order chi connectivity index (χ1) is 61.0. The Hall–Kier alpha value is -11.9. The van der Waals surface area contributed by atoms with Gasteiger partial charge in [-0.15, -0.1) is 0 Å². The van der Waals surface area contributed by atoms with Crippen LogP contribution in [0.2, 0.25) is 0 Å². The molecule has 1 aliphatic carbocycles. The van der Waals surface area contributed by atoms with Crippen LogP contribution in [-0.2, 0) is 91.4 Å². The molecule has 1 unspecified atom stereocenters. The lowest BCUT2D eigenvalue weighted by Crippen LogP contribution is -2.58. The molecule has 130 heavy (non-hydrogen) atoms. The van der Waals surface area contributed by atoms with Gasteiger partial charge in [0.05, 0.1) is 30.2 Å². The number of aromatic hydroxyl groups is 2. The van der Waals surface area contributed by atoms with E-state index in [0.29, 0.717) is 83.5 Å². The molecule has 7 amide bonds. The minimum Gasteiger partial charge on any atom is -0.508 e. The Morgan fingerprint density at radius 3 is 1.33 bits per heavy atom. The van der Waals surface area contributed by atoms with Crippen LogP contribution in [0, 0.1) is 19.8 Å². The van der Waals surface area contributed by atoms with Gasteiger partial charge in [0, 0.05) is 39.1 Å². The van der Waals surface area contributed by atoms with E-state index in [1.165, 1.54) is 6.42 Å². The van der Waals surface area contributed by atoms with Crippen molar-refractivity contribution in [3.63, 3.8) is 0 Å². The molecule has 1 fully saturated rings. The number of nitrogens with one attached hydrogen (secondary N) is 7. The number of carbonyl (C=O) groups excluding carboxylic acids is 7. The summed E-state index contributed by atoms with van der Waals surface area (Å²) in [4.78, 5) is 141. The lowest BCUT2D eigenvalue weighted by atomic mass is 9.84. The van der Waals surface area contributed by atoms with Gasteiger partial charge in [0.2, 0.25) is 41.4 Å². The SMILES string of the molecule is Cc1cc(O)cc(C)c1C[C@H](N)C(=O)N[C@H](CCCN=C(N)N)C(=O)N[C@@H](Cc1ccccc1)C(=O)N[C@@H](CCCCN)C(=O)NCCCCCCCCCCNC(=O)[C@H](Cc1ccccc1)N[C@H](CC1CCCCC1)C(=O)NCC1Cc2ccccc2CN1C(=O)[C@@H](N)Cc1ccc(O)cc1.O=C(O)C(F)(F)F.O=C(O)C(F)(F)F.O=C(O)C(F)(F)F.O=C(O)C(F)(F)F. The van der Waals surface area contributed by atoms with Gasteiger partial charge in [-0.1, -0.05) is 168 Å². The van der Waals surface area contributed by atoms with Gasteiger partial charge in [-0.25, -0.2) is 19.2 Å². The van der Waals surface area contributed by atoms with E-state index in [1.807, 2.05) is 92.7 Å². The van der Waals surface area contributed by atoms with Crippen molar-refractivity contribution in [2.45, 2.75) is 248 Å². The first kappa shape index (κ1) is 112. The van der Waals surface area contributed by atoms with E-state index < -0.39 is 109 Å². The summed E-state index contributed by atoms with van der Waals surface area (Å²) in [5.41, 5.74) is 37.1. The molecule has 23 N–H and O–H groups in total. The van der Waals surface area contributed by atoms with E-state index in [0.717, 1.165) is 122 Å². The third-order valence-corrected chi connectivity index (χ3v) is 20.7. The number of hydrogen-bond donors (Lipinski definition) is 18. The lowest BCUT2D eigenvalue weighted by Gasteiger charge is -2.39. The summed E-state index contributed by atoms with van der Waals surface area (Å²) in [5.74, 6) is -13.3. The summed E-state index contributed by atoms with van der Waals surface area (Å²) in [7, 11) is 0. The largest absolute Gasteiger partial charge is 0.508 e. The number of amides is 7. The second-order valence-corrected chi connectivity index (χ2v) is 31.1. The van der Waals surface area contributed by atoms with Crippen LogP contribution in [0.5, 0.6) is 11.5 Å². The number of carboxylic acids is 4. The van der Waals surface area contributed by atoms with Crippen molar-refractivity contribution in [2.75, 3.05) is 32.7 Å². The van der Waals surface area contributed by atoms with Crippen molar-refractivity contribution < 1.29 is 136 Å². The number of nitrogens with two attached hydrogens (primary N) is 5. The van der Waals surface area contributed by atoms with Crippen LogP contribution in [0.1, 0.15) is 167 Å². The number of carbonyl (C=O) groups is 11. The fourth-order valence-electron chi connectivity index (χ4n) is 13.9. The molecule has 722 valence electrons. The van der Waals surface area contributed by atoms with Crippen molar-refractivity contribution in [3.05, 3.63) is 166 Å². The summed E-state index contributed by atoms with van der Waals surface area (Å²) < 4.78 is 127. The number of aliphatic imine (C=N–C) groups is 1. The quantitative estimate of drug-likeness (QED) is 0.00752. The van der Waals surface area contributed by atoms with Gasteiger partial charge in [0.25, 0.3) is 0 Å². The smallest absolute Gasteiger partial charge is 0.490 e. The first-order valence-electron chi connectivity index (χ1n) is 42.0. The third kappa shape index (κ3) is 44.9. The summed E-state index contributed by atoms with van der Waals surface area (Å²) in [6.45, 7) is 5.71. The molecule has 0 spiro atoms. The molecular weight excluding hydrogens is 1740 g/mol. The van der Waals surface area contributed by atoms with E-state index in [1.54, 1.807) is 41.3 Å². The number of rotatable bonds is 43. The second-order valence-electron chi connectivity index (χ2n) is 31.1. The minimum atomic E-state index is -5.08. The van der Waals surface area contributed by atoms with E-state index in [2.05, 4.69) is 48.3 Å². The van der Waals surface area contributed by atoms with Crippen LogP contribution in [0.4, 0.5) is 52.7 Å². The van der Waals surface area contributed by atoms with E-state index in [9.17, 15) is 96.5 Å². The van der Waals surface area contributed by atoms with E-state index in [4.69, 9.17) is 68.3 Å². The zero-order chi connectivity index (χ0) is 97.5. The summed E-state index contributed by atoms with van der Waals surface area (Å²) in [6.07, 6.45) is -3.60. The average molecular weight is 1860 g/mol. The van der Waals surface area contributed by atoms with Crippen LogP contribution < -0.4 is 65.9 Å². The van der Waals surface area contributed by atoms with Gasteiger partial charge in [0.1, 0.15) is 29.6 Å². The highest BCUT2D eigenvalue weighted by Gasteiger charge is 2.42. The van der Waals surface area contributed by atoms with E-state index >= 15 is 0 Å². The van der Waals surface area contributed by atoms with Crippen LogP contribution >= 0.6 is 0 Å². The van der Waals surface area contributed by atoms with Crippen molar-refractivity contribution >= 4 is 71.2 Å². The molecule has 7 rings (SSSR count). The Kier molecular flexibility index (Phi) is 49.5. The highest BCUT2D eigenvalue weighted by atomic mass is 19.4. The molecule has 8 atom stereocenters. The average Bonchev–Trinajstić information content (AvgIpc) is 0.797. The maximum Gasteiger partial charge on any atom is 0.490 e. The van der Waals surface area contributed by atoms with Gasteiger partial charge >= 0.3 is 48.6 Å². The molecule has 31 nitrogen and oxygen atoms in total. The Labute approximate surface area is 743 Å². The molecule has 0 bridgehead atoms. The molecule has 43 heteroatoms. The Morgan fingerprint density at radius 2 is 0.854 bits per heavy atom. The maximum atomic E-state index is 14.7. The number of benzene rings is 5. The molecule has 0 saturated heterocycles. The zero-order valence-corrected chi connectivity index (χ0v) is 71.9. The number of hydrogen-bond acceptors (Lipinski definition) is 18. The molecule has 0 radical (unpaired) electrons.